The van der Waals surface area contributed by atoms with Gasteiger partial charge in [-0.25, -0.2) is 0 Å². The van der Waals surface area contributed by atoms with Crippen molar-refractivity contribution in [3.05, 3.63) is 0 Å². The van der Waals surface area contributed by atoms with E-state index in [2.05, 4.69) is 20.8 Å². The molecular formula is C5H13Cl2NSi. The summed E-state index contributed by atoms with van der Waals surface area (Å²) in [6.45, 7) is 6.28. The summed E-state index contributed by atoms with van der Waals surface area (Å²) < 4.78 is 2.02. The second-order valence-electron chi connectivity index (χ2n) is 3.06. The summed E-state index contributed by atoms with van der Waals surface area (Å²) in [6, 6.07) is 0. The molecule has 0 aromatic rings. The maximum atomic E-state index is 5.74. The molecule has 1 nitrogen and oxygen atoms in total. The Bertz CT molecular complexity index is 89.4. The summed E-state index contributed by atoms with van der Waals surface area (Å²) in [4.78, 5) is 0. The number of hydrogen-bond donors (Lipinski definition) is 0. The average molecular weight is 186 g/mol. The highest BCUT2D eigenvalue weighted by Crippen LogP contribution is 2.15. The first kappa shape index (κ1) is 9.76. The third kappa shape index (κ3) is 3.46. The lowest BCUT2D eigenvalue weighted by molar-refractivity contribution is 0.301. The largest absolute Gasteiger partial charge is 0.309 e. The molecule has 0 fully saturated rings. The minimum atomic E-state index is -1.61. The van der Waals surface area contributed by atoms with Crippen molar-refractivity contribution in [2.45, 2.75) is 26.3 Å². The molecule has 0 aromatic carbocycles. The molecule has 0 saturated heterocycles. The molecule has 0 unspecified atom stereocenters. The smallest absolute Gasteiger partial charge is 0.301 e. The van der Waals surface area contributed by atoms with E-state index in [-0.39, 0.29) is 5.54 Å². The van der Waals surface area contributed by atoms with Crippen LogP contribution in [0.4, 0.5) is 0 Å². The highest BCUT2D eigenvalue weighted by molar-refractivity contribution is 7.32. The van der Waals surface area contributed by atoms with Crippen LogP contribution in [0.5, 0.6) is 0 Å². The number of halogens is 2. The van der Waals surface area contributed by atoms with Gasteiger partial charge in [0.15, 0.2) is 0 Å². The fraction of sp³-hybridized carbons (Fsp3) is 1.00. The molecule has 0 amide bonds. The summed E-state index contributed by atoms with van der Waals surface area (Å²) in [5.41, 5.74) is 0.111. The fourth-order valence-corrected chi connectivity index (χ4v) is 2.63. The van der Waals surface area contributed by atoms with E-state index in [4.69, 9.17) is 22.2 Å². The van der Waals surface area contributed by atoms with E-state index < -0.39 is 7.58 Å². The monoisotopic (exact) mass is 185 g/mol. The Morgan fingerprint density at radius 2 is 1.56 bits per heavy atom. The Balaban J connectivity index is 3.88. The van der Waals surface area contributed by atoms with Crippen LogP contribution in [0.25, 0.3) is 0 Å². The maximum Gasteiger partial charge on any atom is 0.309 e. The van der Waals surface area contributed by atoms with Crippen molar-refractivity contribution in [2.24, 2.45) is 0 Å². The van der Waals surface area contributed by atoms with E-state index in [1.807, 2.05) is 11.6 Å². The second-order valence-corrected chi connectivity index (χ2v) is 7.54. The Labute approximate surface area is 68.0 Å². The minimum Gasteiger partial charge on any atom is -0.301 e. The number of nitrogens with zero attached hydrogens (tertiary/aromatic N) is 1. The van der Waals surface area contributed by atoms with Gasteiger partial charge in [0.2, 0.25) is 0 Å². The first-order valence-corrected chi connectivity index (χ1v) is 6.87. The first-order chi connectivity index (χ1) is 3.85. The van der Waals surface area contributed by atoms with Crippen LogP contribution >= 0.6 is 22.2 Å². The van der Waals surface area contributed by atoms with Crippen LogP contribution in [0, 0.1) is 0 Å². The fourth-order valence-electron chi connectivity index (χ4n) is 0.293. The lowest BCUT2D eigenvalue weighted by atomic mass is 10.1. The van der Waals surface area contributed by atoms with E-state index in [9.17, 15) is 0 Å². The second kappa shape index (κ2) is 3.24. The zero-order valence-electron chi connectivity index (χ0n) is 6.28. The van der Waals surface area contributed by atoms with Crippen LogP contribution < -0.4 is 0 Å². The normalized spacial score (nSPS) is 13.3. The topological polar surface area (TPSA) is 3.24 Å². The zero-order chi connectivity index (χ0) is 7.65. The van der Waals surface area contributed by atoms with Gasteiger partial charge in [-0.3, -0.25) is 0 Å². The molecule has 0 N–H and O–H groups in total. The van der Waals surface area contributed by atoms with Gasteiger partial charge in [-0.15, -0.1) is 22.2 Å². The Morgan fingerprint density at radius 3 is 1.56 bits per heavy atom. The molecule has 0 bridgehead atoms. The van der Waals surface area contributed by atoms with Gasteiger partial charge in [0.25, 0.3) is 0 Å². The van der Waals surface area contributed by atoms with Crippen molar-refractivity contribution in [3.63, 3.8) is 0 Å². The van der Waals surface area contributed by atoms with E-state index in [1.54, 1.807) is 0 Å². The quantitative estimate of drug-likeness (QED) is 0.446. The third-order valence-corrected chi connectivity index (χ3v) is 4.47. The molecule has 0 heterocycles. The molecule has 56 valence electrons. The van der Waals surface area contributed by atoms with Crippen molar-refractivity contribution in [1.82, 2.24) is 4.57 Å². The molecule has 0 radical (unpaired) electrons. The molecule has 0 atom stereocenters. The Kier molecular flexibility index (Phi) is 3.51. The first-order valence-electron chi connectivity index (χ1n) is 2.87. The molecule has 0 aliphatic carbocycles. The minimum absolute atomic E-state index is 0.111. The predicted octanol–water partition coefficient (Wildman–Crippen LogP) is 1.91. The lowest BCUT2D eigenvalue weighted by Crippen LogP contribution is -2.43. The zero-order valence-corrected chi connectivity index (χ0v) is 8.95. The van der Waals surface area contributed by atoms with Crippen LogP contribution in [0.1, 0.15) is 20.8 Å². The summed E-state index contributed by atoms with van der Waals surface area (Å²) in [5.74, 6) is 0. The SMILES string of the molecule is CN([SiH](Cl)Cl)C(C)(C)C. The van der Waals surface area contributed by atoms with E-state index in [1.165, 1.54) is 0 Å². The van der Waals surface area contributed by atoms with Crippen molar-refractivity contribution in [1.29, 1.82) is 0 Å². The summed E-state index contributed by atoms with van der Waals surface area (Å²) >= 11 is 11.5. The van der Waals surface area contributed by atoms with E-state index in [0.717, 1.165) is 0 Å². The standard InChI is InChI=1S/C5H13Cl2NSi/c1-5(2,3)8(4)9(6)7/h9H,1-4H3. The van der Waals surface area contributed by atoms with Gasteiger partial charge in [0.1, 0.15) is 0 Å². The maximum absolute atomic E-state index is 5.74. The summed E-state index contributed by atoms with van der Waals surface area (Å²) in [6.07, 6.45) is 0. The highest BCUT2D eigenvalue weighted by Gasteiger charge is 2.22. The Hall–Kier alpha value is 0.757. The number of hydrogen-bond acceptors (Lipinski definition) is 1. The van der Waals surface area contributed by atoms with Crippen molar-refractivity contribution < 1.29 is 0 Å². The molecule has 0 spiro atoms. The molecule has 4 heteroatoms. The summed E-state index contributed by atoms with van der Waals surface area (Å²) in [5, 5.41) is 0. The van der Waals surface area contributed by atoms with Gasteiger partial charge in [0.05, 0.1) is 0 Å². The van der Waals surface area contributed by atoms with Crippen molar-refractivity contribution in [3.8, 4) is 0 Å². The van der Waals surface area contributed by atoms with Gasteiger partial charge in [-0.2, -0.15) is 0 Å². The van der Waals surface area contributed by atoms with Crippen LogP contribution in [0.2, 0.25) is 0 Å². The molecule has 0 saturated carbocycles. The molecule has 9 heavy (non-hydrogen) atoms. The predicted molar refractivity (Wildman–Crippen MR) is 46.4 cm³/mol. The highest BCUT2D eigenvalue weighted by atomic mass is 35.7. The van der Waals surface area contributed by atoms with E-state index >= 15 is 0 Å². The van der Waals surface area contributed by atoms with Crippen molar-refractivity contribution >= 4 is 29.7 Å². The lowest BCUT2D eigenvalue weighted by Gasteiger charge is -2.32. The van der Waals surface area contributed by atoms with Crippen LogP contribution in [-0.4, -0.2) is 24.7 Å². The van der Waals surface area contributed by atoms with Gasteiger partial charge in [0, 0.05) is 5.54 Å². The van der Waals surface area contributed by atoms with Crippen LogP contribution in [-0.2, 0) is 0 Å². The Morgan fingerprint density at radius 1 is 1.22 bits per heavy atom. The average Bonchev–Trinajstić information content (AvgIpc) is 1.62. The third-order valence-electron chi connectivity index (χ3n) is 1.35. The van der Waals surface area contributed by atoms with Gasteiger partial charge >= 0.3 is 7.58 Å². The van der Waals surface area contributed by atoms with Gasteiger partial charge in [-0.05, 0) is 27.8 Å². The van der Waals surface area contributed by atoms with Gasteiger partial charge < -0.3 is 4.57 Å². The van der Waals surface area contributed by atoms with Crippen molar-refractivity contribution in [2.75, 3.05) is 7.05 Å². The van der Waals surface area contributed by atoms with Gasteiger partial charge in [-0.1, -0.05) is 0 Å². The molecule has 0 rings (SSSR count). The number of rotatable bonds is 1. The summed E-state index contributed by atoms with van der Waals surface area (Å²) in [7, 11) is 0.343. The molecular weight excluding hydrogens is 173 g/mol. The van der Waals surface area contributed by atoms with Crippen LogP contribution in [0.15, 0.2) is 0 Å². The van der Waals surface area contributed by atoms with E-state index in [0.29, 0.717) is 0 Å². The molecule has 0 aliphatic rings. The molecule has 0 aromatic heterocycles. The molecule has 0 aliphatic heterocycles. The van der Waals surface area contributed by atoms with Crippen LogP contribution in [0.3, 0.4) is 0 Å².